The van der Waals surface area contributed by atoms with Crippen LogP contribution in [0.1, 0.15) is 28.1 Å². The maximum absolute atomic E-state index is 12.9. The summed E-state index contributed by atoms with van der Waals surface area (Å²) in [6, 6.07) is 0.142. The van der Waals surface area contributed by atoms with Crippen molar-refractivity contribution in [3.8, 4) is 0 Å². The lowest BCUT2D eigenvalue weighted by molar-refractivity contribution is -0.117. The normalized spacial score (nSPS) is 21.9. The van der Waals surface area contributed by atoms with Crippen LogP contribution >= 0.6 is 0 Å². The lowest BCUT2D eigenvalue weighted by Gasteiger charge is -2.12. The van der Waals surface area contributed by atoms with E-state index < -0.39 is 5.92 Å². The summed E-state index contributed by atoms with van der Waals surface area (Å²) < 4.78 is 25.7. The molecule has 0 aromatic carbocycles. The first-order valence-corrected chi connectivity index (χ1v) is 6.00. The lowest BCUT2D eigenvalue weighted by Crippen LogP contribution is -2.30. The van der Waals surface area contributed by atoms with Gasteiger partial charge in [-0.15, -0.1) is 0 Å². The number of hydrogen-bond donors (Lipinski definition) is 1. The smallest absolute Gasteiger partial charge is 0.261 e. The van der Waals surface area contributed by atoms with Crippen molar-refractivity contribution >= 4 is 5.91 Å². The van der Waals surface area contributed by atoms with E-state index in [4.69, 9.17) is 0 Å². The Balaban J connectivity index is 0.00000289. The molecule has 100 valence electrons. The summed E-state index contributed by atoms with van der Waals surface area (Å²) in [7, 11) is 0. The van der Waals surface area contributed by atoms with Crippen molar-refractivity contribution in [2.24, 2.45) is 0 Å². The first-order chi connectivity index (χ1) is 7.93. The van der Waals surface area contributed by atoms with E-state index >= 15 is 0 Å². The molecule has 1 fully saturated rings. The number of likely N-dealkylation sites (tertiary alicyclic amines) is 1. The van der Waals surface area contributed by atoms with Gasteiger partial charge in [0.15, 0.2) is 0 Å². The first-order valence-electron chi connectivity index (χ1n) is 6.00. The van der Waals surface area contributed by atoms with Crippen LogP contribution in [0.4, 0.5) is 8.78 Å². The van der Waals surface area contributed by atoms with E-state index in [1.54, 1.807) is 11.0 Å². The van der Waals surface area contributed by atoms with Crippen molar-refractivity contribution in [1.82, 2.24) is 10.2 Å². The van der Waals surface area contributed by atoms with Crippen molar-refractivity contribution in [1.29, 1.82) is 0 Å². The van der Waals surface area contributed by atoms with Crippen LogP contribution in [0.25, 0.3) is 0 Å². The molecule has 1 heterocycles. The number of alkyl halides is 2. The number of nitrogens with one attached hydrogen (secondary N) is 1. The van der Waals surface area contributed by atoms with Crippen LogP contribution < -0.4 is 5.32 Å². The molecule has 1 unspecified atom stereocenters. The molecule has 0 aromatic heterocycles. The van der Waals surface area contributed by atoms with Crippen LogP contribution in [0.2, 0.25) is 0 Å². The van der Waals surface area contributed by atoms with E-state index in [9.17, 15) is 13.6 Å². The molecule has 1 saturated heterocycles. The van der Waals surface area contributed by atoms with Gasteiger partial charge in [-0.05, 0) is 13.3 Å². The Morgan fingerprint density at radius 1 is 1.65 bits per heavy atom. The molecule has 1 amide bonds. The summed E-state index contributed by atoms with van der Waals surface area (Å²) in [5.41, 5.74) is 0. The zero-order valence-corrected chi connectivity index (χ0v) is 10.4. The highest BCUT2D eigenvalue weighted by molar-refractivity contribution is 5.87. The Morgan fingerprint density at radius 3 is 2.88 bits per heavy atom. The molecule has 1 rings (SSSR count). The van der Waals surface area contributed by atoms with Crippen molar-refractivity contribution in [3.05, 3.63) is 12.2 Å². The van der Waals surface area contributed by atoms with E-state index in [0.29, 0.717) is 13.1 Å². The Bertz CT molecular complexity index is 298. The van der Waals surface area contributed by atoms with Gasteiger partial charge in [0.05, 0.1) is 6.54 Å². The molecule has 17 heavy (non-hydrogen) atoms. The predicted molar refractivity (Wildman–Crippen MR) is 65.2 cm³/mol. The van der Waals surface area contributed by atoms with E-state index in [-0.39, 0.29) is 26.3 Å². The Kier molecular flexibility index (Phi) is 5.05. The highest BCUT2D eigenvalue weighted by atomic mass is 19.3. The van der Waals surface area contributed by atoms with Gasteiger partial charge in [0.1, 0.15) is 0 Å². The average Bonchev–Trinajstić information content (AvgIpc) is 2.58. The van der Waals surface area contributed by atoms with Crippen LogP contribution in [-0.2, 0) is 4.79 Å². The van der Waals surface area contributed by atoms with Gasteiger partial charge in [0, 0.05) is 33.1 Å². The number of halogens is 2. The minimum absolute atomic E-state index is 0. The largest absolute Gasteiger partial charge is 0.350 e. The van der Waals surface area contributed by atoms with E-state index in [0.717, 1.165) is 6.42 Å². The molecule has 1 aliphatic heterocycles. The van der Waals surface area contributed by atoms with Gasteiger partial charge >= 0.3 is 0 Å². The zero-order chi connectivity index (χ0) is 12.9. The quantitative estimate of drug-likeness (QED) is 0.755. The van der Waals surface area contributed by atoms with Crippen molar-refractivity contribution < 1.29 is 15.0 Å². The number of rotatable bonds is 5. The molecule has 3 nitrogen and oxygen atoms in total. The second-order valence-corrected chi connectivity index (χ2v) is 4.56. The standard InChI is InChI=1S/C12H20F2N2O.H2/c1-3-10(2)15-11(17)5-4-7-16-8-6-12(13,14)9-16;/h4-5,10H,3,6-9H2,1-2H3,(H,15,17);1H/b5-4+;. The third-order valence-electron chi connectivity index (χ3n) is 2.88. The Labute approximate surface area is 102 Å². The van der Waals surface area contributed by atoms with E-state index in [2.05, 4.69) is 5.32 Å². The van der Waals surface area contributed by atoms with Gasteiger partial charge in [-0.2, -0.15) is 0 Å². The molecule has 0 saturated carbocycles. The van der Waals surface area contributed by atoms with Gasteiger partial charge in [-0.3, -0.25) is 9.69 Å². The molecule has 1 N–H and O–H groups in total. The summed E-state index contributed by atoms with van der Waals surface area (Å²) in [6.45, 7) is 4.51. The van der Waals surface area contributed by atoms with Gasteiger partial charge in [-0.1, -0.05) is 13.0 Å². The van der Waals surface area contributed by atoms with Crippen molar-refractivity contribution in [2.75, 3.05) is 19.6 Å². The van der Waals surface area contributed by atoms with E-state index in [1.165, 1.54) is 6.08 Å². The van der Waals surface area contributed by atoms with Gasteiger partial charge in [0.2, 0.25) is 5.91 Å². The molecular weight excluding hydrogens is 226 g/mol. The number of carbonyl (C=O) groups excluding carboxylic acids is 1. The molecule has 1 atom stereocenters. The second kappa shape index (κ2) is 6.10. The fraction of sp³-hybridized carbons (Fsp3) is 0.750. The highest BCUT2D eigenvalue weighted by Gasteiger charge is 2.37. The summed E-state index contributed by atoms with van der Waals surface area (Å²) in [4.78, 5) is 13.0. The summed E-state index contributed by atoms with van der Waals surface area (Å²) >= 11 is 0. The maximum Gasteiger partial charge on any atom is 0.261 e. The molecule has 0 aliphatic carbocycles. The maximum atomic E-state index is 12.9. The summed E-state index contributed by atoms with van der Waals surface area (Å²) in [5, 5.41) is 2.78. The van der Waals surface area contributed by atoms with E-state index in [1.807, 2.05) is 13.8 Å². The topological polar surface area (TPSA) is 32.3 Å². The van der Waals surface area contributed by atoms with Gasteiger partial charge in [0.25, 0.3) is 5.92 Å². The van der Waals surface area contributed by atoms with Gasteiger partial charge < -0.3 is 5.32 Å². The number of amides is 1. The molecule has 0 radical (unpaired) electrons. The SMILES string of the molecule is CCC(C)NC(=O)/C=C/CN1CCC(F)(F)C1.[HH]. The number of hydrogen-bond acceptors (Lipinski definition) is 2. The second-order valence-electron chi connectivity index (χ2n) is 4.56. The first kappa shape index (κ1) is 14.1. The predicted octanol–water partition coefficient (Wildman–Crippen LogP) is 2.04. The van der Waals surface area contributed by atoms with Crippen LogP contribution in [-0.4, -0.2) is 42.4 Å². The monoisotopic (exact) mass is 248 g/mol. The van der Waals surface area contributed by atoms with Crippen LogP contribution in [0, 0.1) is 0 Å². The number of nitrogens with zero attached hydrogens (tertiary/aromatic N) is 1. The van der Waals surface area contributed by atoms with Crippen molar-refractivity contribution in [2.45, 2.75) is 38.7 Å². The lowest BCUT2D eigenvalue weighted by atomic mass is 10.2. The summed E-state index contributed by atoms with van der Waals surface area (Å²) in [5.74, 6) is -2.72. The minimum atomic E-state index is -2.56. The van der Waals surface area contributed by atoms with Gasteiger partial charge in [-0.25, -0.2) is 8.78 Å². The molecule has 0 aromatic rings. The molecule has 1 aliphatic rings. The minimum Gasteiger partial charge on any atom is -0.350 e. The fourth-order valence-electron chi connectivity index (χ4n) is 1.66. The average molecular weight is 248 g/mol. The van der Waals surface area contributed by atoms with Crippen molar-refractivity contribution in [3.63, 3.8) is 0 Å². The number of carbonyl (C=O) groups is 1. The van der Waals surface area contributed by atoms with Crippen LogP contribution in [0.5, 0.6) is 0 Å². The molecular formula is C12H22F2N2O. The third-order valence-corrected chi connectivity index (χ3v) is 2.88. The molecule has 0 spiro atoms. The van der Waals surface area contributed by atoms with Crippen LogP contribution in [0.15, 0.2) is 12.2 Å². The molecule has 0 bridgehead atoms. The van der Waals surface area contributed by atoms with Crippen LogP contribution in [0.3, 0.4) is 0 Å². The Hall–Kier alpha value is -0.970. The highest BCUT2D eigenvalue weighted by Crippen LogP contribution is 2.26. The third kappa shape index (κ3) is 5.26. The zero-order valence-electron chi connectivity index (χ0n) is 10.4. The Morgan fingerprint density at radius 2 is 2.35 bits per heavy atom. The summed E-state index contributed by atoms with van der Waals surface area (Å²) in [6.07, 6.45) is 3.85. The molecule has 5 heteroatoms. The fourth-order valence-corrected chi connectivity index (χ4v) is 1.66.